The zero-order valence-electron chi connectivity index (χ0n) is 10.6. The summed E-state index contributed by atoms with van der Waals surface area (Å²) in [5, 5.41) is 3.01. The van der Waals surface area contributed by atoms with Gasteiger partial charge in [0.1, 0.15) is 5.75 Å². The molecule has 1 aromatic rings. The number of methoxy groups -OCH3 is 1. The maximum Gasteiger partial charge on any atom is 0.156 e. The van der Waals surface area contributed by atoms with Crippen LogP contribution in [-0.4, -0.2) is 25.5 Å². The molecule has 0 aliphatic rings. The Morgan fingerprint density at radius 2 is 2.12 bits per heavy atom. The standard InChI is InChI=1S/C13H18BrNO2/c1-13(2,15-3)12(16)8-9-7-10(17-4)5-6-11(9)14/h5-7,15H,8H2,1-4H3. The highest BCUT2D eigenvalue weighted by Gasteiger charge is 2.25. The highest BCUT2D eigenvalue weighted by molar-refractivity contribution is 9.10. The van der Waals surface area contributed by atoms with Gasteiger partial charge in [-0.25, -0.2) is 0 Å². The third kappa shape index (κ3) is 3.54. The van der Waals surface area contributed by atoms with E-state index in [1.807, 2.05) is 32.0 Å². The number of carbonyl (C=O) groups excluding carboxylic acids is 1. The van der Waals surface area contributed by atoms with Gasteiger partial charge < -0.3 is 10.1 Å². The van der Waals surface area contributed by atoms with Crippen LogP contribution in [0.1, 0.15) is 19.4 Å². The average Bonchev–Trinajstić information content (AvgIpc) is 2.31. The normalized spacial score (nSPS) is 11.4. The smallest absolute Gasteiger partial charge is 0.156 e. The molecule has 0 fully saturated rings. The molecule has 0 aliphatic heterocycles. The molecule has 1 rings (SSSR count). The number of likely N-dealkylation sites (N-methyl/N-ethyl adjacent to an activating group) is 1. The fourth-order valence-electron chi connectivity index (χ4n) is 1.35. The molecule has 1 aromatic carbocycles. The van der Waals surface area contributed by atoms with Gasteiger partial charge in [0, 0.05) is 10.9 Å². The number of hydrogen-bond donors (Lipinski definition) is 1. The molecule has 17 heavy (non-hydrogen) atoms. The van der Waals surface area contributed by atoms with Crippen molar-refractivity contribution in [3.05, 3.63) is 28.2 Å². The van der Waals surface area contributed by atoms with E-state index in [0.717, 1.165) is 15.8 Å². The highest BCUT2D eigenvalue weighted by atomic mass is 79.9. The van der Waals surface area contributed by atoms with Crippen molar-refractivity contribution in [2.24, 2.45) is 0 Å². The number of rotatable bonds is 5. The van der Waals surface area contributed by atoms with Gasteiger partial charge in [0.25, 0.3) is 0 Å². The zero-order valence-corrected chi connectivity index (χ0v) is 12.2. The Morgan fingerprint density at radius 3 is 2.65 bits per heavy atom. The van der Waals surface area contributed by atoms with E-state index < -0.39 is 5.54 Å². The summed E-state index contributed by atoms with van der Waals surface area (Å²) in [6.45, 7) is 3.76. The van der Waals surface area contributed by atoms with Gasteiger partial charge in [-0.15, -0.1) is 0 Å². The third-order valence-electron chi connectivity index (χ3n) is 2.93. The lowest BCUT2D eigenvalue weighted by Gasteiger charge is -2.22. The summed E-state index contributed by atoms with van der Waals surface area (Å²) in [7, 11) is 3.41. The molecule has 0 amide bonds. The second-order valence-electron chi connectivity index (χ2n) is 4.43. The molecule has 0 saturated carbocycles. The van der Waals surface area contributed by atoms with Gasteiger partial charge >= 0.3 is 0 Å². The number of halogens is 1. The first-order valence-electron chi connectivity index (χ1n) is 5.45. The topological polar surface area (TPSA) is 38.3 Å². The lowest BCUT2D eigenvalue weighted by Crippen LogP contribution is -2.45. The SMILES string of the molecule is CNC(C)(C)C(=O)Cc1cc(OC)ccc1Br. The monoisotopic (exact) mass is 299 g/mol. The van der Waals surface area contributed by atoms with Crippen molar-refractivity contribution in [2.75, 3.05) is 14.2 Å². The molecule has 3 nitrogen and oxygen atoms in total. The van der Waals surface area contributed by atoms with E-state index in [1.165, 1.54) is 0 Å². The highest BCUT2D eigenvalue weighted by Crippen LogP contribution is 2.24. The van der Waals surface area contributed by atoms with Crippen LogP contribution in [0, 0.1) is 0 Å². The Hall–Kier alpha value is -0.870. The molecule has 0 spiro atoms. The van der Waals surface area contributed by atoms with Crippen molar-refractivity contribution in [1.29, 1.82) is 0 Å². The molecule has 0 aliphatic carbocycles. The number of nitrogens with one attached hydrogen (secondary N) is 1. The van der Waals surface area contributed by atoms with Crippen molar-refractivity contribution < 1.29 is 9.53 Å². The number of ketones is 1. The molecule has 0 unspecified atom stereocenters. The van der Waals surface area contributed by atoms with Gasteiger partial charge in [-0.05, 0) is 44.7 Å². The number of Topliss-reactive ketones (excluding diaryl/α,β-unsaturated/α-hetero) is 1. The van der Waals surface area contributed by atoms with Crippen LogP contribution in [0.2, 0.25) is 0 Å². The maximum atomic E-state index is 12.1. The third-order valence-corrected chi connectivity index (χ3v) is 3.70. The fourth-order valence-corrected chi connectivity index (χ4v) is 1.73. The van der Waals surface area contributed by atoms with E-state index in [4.69, 9.17) is 4.74 Å². The molecule has 1 N–H and O–H groups in total. The van der Waals surface area contributed by atoms with Gasteiger partial charge in [0.2, 0.25) is 0 Å². The first-order valence-corrected chi connectivity index (χ1v) is 6.24. The molecule has 0 heterocycles. The van der Waals surface area contributed by atoms with Crippen LogP contribution in [-0.2, 0) is 11.2 Å². The minimum Gasteiger partial charge on any atom is -0.497 e. The summed E-state index contributed by atoms with van der Waals surface area (Å²) in [5.41, 5.74) is 0.431. The van der Waals surface area contributed by atoms with Crippen molar-refractivity contribution in [3.8, 4) is 5.75 Å². The molecule has 0 radical (unpaired) electrons. The molecule has 0 saturated heterocycles. The molecular formula is C13H18BrNO2. The van der Waals surface area contributed by atoms with Crippen LogP contribution in [0.15, 0.2) is 22.7 Å². The minimum absolute atomic E-state index is 0.147. The van der Waals surface area contributed by atoms with Crippen LogP contribution in [0.5, 0.6) is 5.75 Å². The quantitative estimate of drug-likeness (QED) is 0.908. The Balaban J connectivity index is 2.91. The van der Waals surface area contributed by atoms with E-state index >= 15 is 0 Å². The number of hydrogen-bond acceptors (Lipinski definition) is 3. The predicted molar refractivity (Wildman–Crippen MR) is 72.5 cm³/mol. The molecule has 0 bridgehead atoms. The minimum atomic E-state index is -0.511. The molecule has 0 aromatic heterocycles. The fraction of sp³-hybridized carbons (Fsp3) is 0.462. The zero-order chi connectivity index (χ0) is 13.1. The van der Waals surface area contributed by atoms with Crippen molar-refractivity contribution in [2.45, 2.75) is 25.8 Å². The number of benzene rings is 1. The van der Waals surface area contributed by atoms with Gasteiger partial charge in [0.15, 0.2) is 5.78 Å². The number of ether oxygens (including phenoxy) is 1. The van der Waals surface area contributed by atoms with Crippen LogP contribution < -0.4 is 10.1 Å². The van der Waals surface area contributed by atoms with E-state index in [2.05, 4.69) is 21.2 Å². The van der Waals surface area contributed by atoms with E-state index in [0.29, 0.717) is 6.42 Å². The van der Waals surface area contributed by atoms with Gasteiger partial charge in [0.05, 0.1) is 12.6 Å². The average molecular weight is 300 g/mol. The molecule has 0 atom stereocenters. The van der Waals surface area contributed by atoms with Crippen LogP contribution >= 0.6 is 15.9 Å². The molecule has 4 heteroatoms. The van der Waals surface area contributed by atoms with Gasteiger partial charge in [-0.1, -0.05) is 15.9 Å². The largest absolute Gasteiger partial charge is 0.497 e. The van der Waals surface area contributed by atoms with Crippen molar-refractivity contribution in [1.82, 2.24) is 5.32 Å². The van der Waals surface area contributed by atoms with E-state index in [1.54, 1.807) is 14.2 Å². The molecular weight excluding hydrogens is 282 g/mol. The van der Waals surface area contributed by atoms with Gasteiger partial charge in [-0.2, -0.15) is 0 Å². The summed E-state index contributed by atoms with van der Waals surface area (Å²) in [4.78, 5) is 12.1. The van der Waals surface area contributed by atoms with Crippen LogP contribution in [0.25, 0.3) is 0 Å². The second-order valence-corrected chi connectivity index (χ2v) is 5.29. The second kappa shape index (κ2) is 5.65. The van der Waals surface area contributed by atoms with Crippen molar-refractivity contribution >= 4 is 21.7 Å². The summed E-state index contributed by atoms with van der Waals surface area (Å²) in [6.07, 6.45) is 0.381. The number of carbonyl (C=O) groups is 1. The Bertz CT molecular complexity index is 416. The Kier molecular flexibility index (Phi) is 4.71. The maximum absolute atomic E-state index is 12.1. The van der Waals surface area contributed by atoms with Gasteiger partial charge in [-0.3, -0.25) is 4.79 Å². The molecule has 94 valence electrons. The van der Waals surface area contributed by atoms with Crippen molar-refractivity contribution in [3.63, 3.8) is 0 Å². The Labute approximate surface area is 111 Å². The lowest BCUT2D eigenvalue weighted by atomic mass is 9.94. The van der Waals surface area contributed by atoms with Crippen LogP contribution in [0.3, 0.4) is 0 Å². The van der Waals surface area contributed by atoms with E-state index in [9.17, 15) is 4.79 Å². The summed E-state index contributed by atoms with van der Waals surface area (Å²) < 4.78 is 6.08. The first kappa shape index (κ1) is 14.2. The van der Waals surface area contributed by atoms with Crippen LogP contribution in [0.4, 0.5) is 0 Å². The van der Waals surface area contributed by atoms with E-state index in [-0.39, 0.29) is 5.78 Å². The Morgan fingerprint density at radius 1 is 1.47 bits per heavy atom. The summed E-state index contributed by atoms with van der Waals surface area (Å²) >= 11 is 3.45. The predicted octanol–water partition coefficient (Wildman–Crippen LogP) is 2.57. The first-order chi connectivity index (χ1) is 7.90. The summed E-state index contributed by atoms with van der Waals surface area (Å²) in [6, 6.07) is 5.64. The summed E-state index contributed by atoms with van der Waals surface area (Å²) in [5.74, 6) is 0.909. The lowest BCUT2D eigenvalue weighted by molar-refractivity contribution is -0.123.